The second-order valence-corrected chi connectivity index (χ2v) is 7.94. The summed E-state index contributed by atoms with van der Waals surface area (Å²) in [5, 5.41) is 4.72. The molecular formula is C19H24N2O3S2. The Balaban J connectivity index is 1.80. The lowest BCUT2D eigenvalue weighted by Gasteiger charge is -2.10. The molecule has 0 saturated carbocycles. The predicted molar refractivity (Wildman–Crippen MR) is 107 cm³/mol. The van der Waals surface area contributed by atoms with E-state index in [-0.39, 0.29) is 24.1 Å². The van der Waals surface area contributed by atoms with Crippen molar-refractivity contribution < 1.29 is 14.3 Å². The molecule has 1 N–H and O–H groups in total. The Bertz CT molecular complexity index is 729. The Morgan fingerprint density at radius 2 is 2.00 bits per heavy atom. The molecule has 5 nitrogen and oxygen atoms in total. The highest BCUT2D eigenvalue weighted by molar-refractivity contribution is 8.01. The Morgan fingerprint density at radius 1 is 1.27 bits per heavy atom. The maximum atomic E-state index is 12.1. The molecule has 0 unspecified atom stereocenters. The lowest BCUT2D eigenvalue weighted by Crippen LogP contribution is -2.14. The summed E-state index contributed by atoms with van der Waals surface area (Å²) in [5.74, 6) is 0.435. The first-order valence-corrected chi connectivity index (χ1v) is 10.5. The monoisotopic (exact) mass is 392 g/mol. The van der Waals surface area contributed by atoms with Gasteiger partial charge in [0.15, 0.2) is 4.34 Å². The van der Waals surface area contributed by atoms with Crippen LogP contribution in [0.2, 0.25) is 0 Å². The molecule has 140 valence electrons. The predicted octanol–water partition coefficient (Wildman–Crippen LogP) is 4.49. The Labute approximate surface area is 162 Å². The van der Waals surface area contributed by atoms with Gasteiger partial charge in [-0.25, -0.2) is 4.98 Å². The van der Waals surface area contributed by atoms with Gasteiger partial charge in [0.25, 0.3) is 0 Å². The minimum Gasteiger partial charge on any atom is -0.466 e. The number of benzene rings is 1. The van der Waals surface area contributed by atoms with Crippen molar-refractivity contribution in [3.63, 3.8) is 0 Å². The van der Waals surface area contributed by atoms with Crippen LogP contribution < -0.4 is 5.32 Å². The van der Waals surface area contributed by atoms with Crippen LogP contribution >= 0.6 is 23.1 Å². The van der Waals surface area contributed by atoms with Gasteiger partial charge in [-0.2, -0.15) is 0 Å². The number of hydrogen-bond donors (Lipinski definition) is 1. The van der Waals surface area contributed by atoms with E-state index in [1.54, 1.807) is 6.92 Å². The fourth-order valence-electron chi connectivity index (χ4n) is 2.25. The van der Waals surface area contributed by atoms with Gasteiger partial charge in [0.1, 0.15) is 0 Å². The van der Waals surface area contributed by atoms with Gasteiger partial charge in [-0.15, -0.1) is 11.3 Å². The molecule has 0 aliphatic rings. The Morgan fingerprint density at radius 3 is 2.65 bits per heavy atom. The lowest BCUT2D eigenvalue weighted by atomic mass is 9.99. The van der Waals surface area contributed by atoms with Gasteiger partial charge < -0.3 is 10.1 Å². The number of amides is 1. The van der Waals surface area contributed by atoms with Crippen LogP contribution in [-0.2, 0) is 20.7 Å². The molecule has 0 bridgehead atoms. The van der Waals surface area contributed by atoms with Crippen molar-refractivity contribution in [3.05, 3.63) is 40.9 Å². The number of aromatic nitrogens is 1. The second kappa shape index (κ2) is 10.3. The number of hydrogen-bond acceptors (Lipinski definition) is 6. The van der Waals surface area contributed by atoms with E-state index >= 15 is 0 Å². The van der Waals surface area contributed by atoms with Crippen LogP contribution in [0.3, 0.4) is 0 Å². The molecule has 1 atom stereocenters. The molecule has 1 aromatic heterocycles. The third-order valence-corrected chi connectivity index (χ3v) is 5.93. The molecule has 0 aliphatic heterocycles. The third kappa shape index (κ3) is 6.46. The minimum atomic E-state index is -0.284. The molecule has 0 aliphatic carbocycles. The van der Waals surface area contributed by atoms with E-state index in [0.29, 0.717) is 18.2 Å². The zero-order valence-electron chi connectivity index (χ0n) is 15.3. The van der Waals surface area contributed by atoms with Crippen molar-refractivity contribution in [1.29, 1.82) is 0 Å². The smallest absolute Gasteiger partial charge is 0.311 e. The fourth-order valence-corrected chi connectivity index (χ4v) is 3.90. The van der Waals surface area contributed by atoms with Crippen molar-refractivity contribution in [2.45, 2.75) is 43.9 Å². The van der Waals surface area contributed by atoms with Crippen LogP contribution in [0.4, 0.5) is 5.69 Å². The minimum absolute atomic E-state index is 0.0755. The number of carbonyl (C=O) groups is 2. The van der Waals surface area contributed by atoms with Gasteiger partial charge in [-0.1, -0.05) is 37.7 Å². The largest absolute Gasteiger partial charge is 0.466 e. The molecule has 2 rings (SSSR count). The Hall–Kier alpha value is -1.86. The van der Waals surface area contributed by atoms with Crippen LogP contribution in [0.1, 0.15) is 44.4 Å². The van der Waals surface area contributed by atoms with E-state index in [2.05, 4.69) is 36.3 Å². The van der Waals surface area contributed by atoms with E-state index in [0.717, 1.165) is 16.4 Å². The number of thioether (sulfide) groups is 1. The summed E-state index contributed by atoms with van der Waals surface area (Å²) >= 11 is 2.79. The molecule has 7 heteroatoms. The molecule has 1 amide bonds. The molecule has 26 heavy (non-hydrogen) atoms. The molecule has 0 fully saturated rings. The fraction of sp³-hybridized carbons (Fsp3) is 0.421. The van der Waals surface area contributed by atoms with Crippen molar-refractivity contribution in [3.8, 4) is 0 Å². The number of esters is 1. The topological polar surface area (TPSA) is 68.3 Å². The first kappa shape index (κ1) is 20.5. The summed E-state index contributed by atoms with van der Waals surface area (Å²) in [6, 6.07) is 7.98. The number of carbonyl (C=O) groups excluding carboxylic acids is 2. The number of nitrogens with zero attached hydrogens (tertiary/aromatic N) is 1. The number of rotatable bonds is 9. The highest BCUT2D eigenvalue weighted by atomic mass is 32.2. The van der Waals surface area contributed by atoms with E-state index in [1.807, 2.05) is 17.5 Å². The summed E-state index contributed by atoms with van der Waals surface area (Å²) in [7, 11) is 0. The summed E-state index contributed by atoms with van der Waals surface area (Å²) < 4.78 is 5.67. The first-order valence-electron chi connectivity index (χ1n) is 8.64. The zero-order chi connectivity index (χ0) is 18.9. The molecular weight excluding hydrogens is 368 g/mol. The van der Waals surface area contributed by atoms with Gasteiger partial charge in [0.2, 0.25) is 5.91 Å². The van der Waals surface area contributed by atoms with Crippen LogP contribution in [0, 0.1) is 0 Å². The van der Waals surface area contributed by atoms with Crippen molar-refractivity contribution in [2.24, 2.45) is 0 Å². The molecule has 1 aromatic carbocycles. The van der Waals surface area contributed by atoms with Gasteiger partial charge in [0.05, 0.1) is 24.5 Å². The van der Waals surface area contributed by atoms with Crippen LogP contribution in [0.15, 0.2) is 34.0 Å². The molecule has 2 aromatic rings. The van der Waals surface area contributed by atoms with Gasteiger partial charge in [-0.3, -0.25) is 9.59 Å². The molecule has 0 spiro atoms. The molecule has 1 heterocycles. The number of anilines is 1. The van der Waals surface area contributed by atoms with Crippen LogP contribution in [0.5, 0.6) is 0 Å². The maximum Gasteiger partial charge on any atom is 0.311 e. The normalized spacial score (nSPS) is 11.8. The van der Waals surface area contributed by atoms with Crippen LogP contribution in [-0.4, -0.2) is 29.2 Å². The first-order chi connectivity index (χ1) is 12.5. The highest BCUT2D eigenvalue weighted by Crippen LogP contribution is 2.24. The second-order valence-electron chi connectivity index (χ2n) is 5.85. The number of thiazole rings is 1. The Kier molecular flexibility index (Phi) is 8.12. The lowest BCUT2D eigenvalue weighted by molar-refractivity contribution is -0.142. The summed E-state index contributed by atoms with van der Waals surface area (Å²) in [5.41, 5.74) is 2.75. The summed E-state index contributed by atoms with van der Waals surface area (Å²) in [6.45, 7) is 6.49. The summed E-state index contributed by atoms with van der Waals surface area (Å²) in [6.07, 6.45) is 1.26. The number of ether oxygens (including phenoxy) is 1. The van der Waals surface area contributed by atoms with Crippen molar-refractivity contribution in [2.75, 3.05) is 17.7 Å². The average molecular weight is 393 g/mol. The SMILES string of the molecule is CCOC(=O)Cc1csc(SCC(=O)Nc2ccc([C@@H](C)CC)cc2)n1. The van der Waals surface area contributed by atoms with E-state index in [1.165, 1.54) is 28.7 Å². The van der Waals surface area contributed by atoms with E-state index in [9.17, 15) is 9.59 Å². The van der Waals surface area contributed by atoms with Crippen LogP contribution in [0.25, 0.3) is 0 Å². The van der Waals surface area contributed by atoms with Gasteiger partial charge in [-0.05, 0) is 37.0 Å². The van der Waals surface area contributed by atoms with Gasteiger partial charge in [0, 0.05) is 11.1 Å². The third-order valence-electron chi connectivity index (χ3n) is 3.86. The standard InChI is InChI=1S/C19H24N2O3S2/c1-4-13(3)14-6-8-15(9-7-14)20-17(22)12-26-19-21-16(11-25-19)10-18(23)24-5-2/h6-9,11,13H,4-5,10,12H2,1-3H3,(H,20,22)/t13-/m0/s1. The molecule has 0 saturated heterocycles. The average Bonchev–Trinajstić information content (AvgIpc) is 3.07. The summed E-state index contributed by atoms with van der Waals surface area (Å²) in [4.78, 5) is 27.9. The van der Waals surface area contributed by atoms with Crippen molar-refractivity contribution >= 4 is 40.7 Å². The van der Waals surface area contributed by atoms with Gasteiger partial charge >= 0.3 is 5.97 Å². The van der Waals surface area contributed by atoms with E-state index in [4.69, 9.17) is 4.74 Å². The zero-order valence-corrected chi connectivity index (χ0v) is 16.9. The highest BCUT2D eigenvalue weighted by Gasteiger charge is 2.11. The maximum absolute atomic E-state index is 12.1. The molecule has 0 radical (unpaired) electrons. The quantitative estimate of drug-likeness (QED) is 0.503. The van der Waals surface area contributed by atoms with E-state index < -0.39 is 0 Å². The number of nitrogens with one attached hydrogen (secondary N) is 1. The van der Waals surface area contributed by atoms with Crippen molar-refractivity contribution in [1.82, 2.24) is 4.98 Å².